The quantitative estimate of drug-likeness (QED) is 0.738. The fraction of sp³-hybridized carbons (Fsp3) is 0.261. The Kier molecular flexibility index (Phi) is 5.42. The van der Waals surface area contributed by atoms with Gasteiger partial charge in [0.05, 0.1) is 0 Å². The molecule has 1 aliphatic rings. The normalized spacial score (nSPS) is 14.0. The third-order valence-electron chi connectivity index (χ3n) is 5.16. The number of carbonyl (C=O) groups is 1. The fourth-order valence-corrected chi connectivity index (χ4v) is 3.36. The van der Waals surface area contributed by atoms with Gasteiger partial charge in [-0.25, -0.2) is 0 Å². The molecule has 1 fully saturated rings. The van der Waals surface area contributed by atoms with Gasteiger partial charge in [0.1, 0.15) is 0 Å². The van der Waals surface area contributed by atoms with E-state index in [-0.39, 0.29) is 5.91 Å². The van der Waals surface area contributed by atoms with Gasteiger partial charge in [-0.1, -0.05) is 35.4 Å². The second-order valence-corrected chi connectivity index (χ2v) is 7.41. The SMILES string of the molecule is Cc1ccc(Nc2ccc(N3CCN(C(=O)c4ccc(C)cc4)CC3)nn2)cc1. The van der Waals surface area contributed by atoms with Gasteiger partial charge in [-0.05, 0) is 50.2 Å². The summed E-state index contributed by atoms with van der Waals surface area (Å²) >= 11 is 0. The molecule has 1 aromatic heterocycles. The molecule has 0 bridgehead atoms. The van der Waals surface area contributed by atoms with Crippen molar-refractivity contribution < 1.29 is 4.79 Å². The number of benzene rings is 2. The molecule has 2 aromatic carbocycles. The maximum atomic E-state index is 12.7. The van der Waals surface area contributed by atoms with Gasteiger partial charge in [0.2, 0.25) is 0 Å². The molecule has 2 heterocycles. The summed E-state index contributed by atoms with van der Waals surface area (Å²) in [4.78, 5) is 16.7. The largest absolute Gasteiger partial charge is 0.352 e. The van der Waals surface area contributed by atoms with Gasteiger partial charge in [-0.2, -0.15) is 0 Å². The second kappa shape index (κ2) is 8.31. The molecule has 0 spiro atoms. The van der Waals surface area contributed by atoms with Crippen LogP contribution in [0.2, 0.25) is 0 Å². The first-order chi connectivity index (χ1) is 14.1. The summed E-state index contributed by atoms with van der Waals surface area (Å²) in [5, 5.41) is 11.9. The molecule has 1 N–H and O–H groups in total. The lowest BCUT2D eigenvalue weighted by Gasteiger charge is -2.35. The summed E-state index contributed by atoms with van der Waals surface area (Å²) in [7, 11) is 0. The Labute approximate surface area is 171 Å². The van der Waals surface area contributed by atoms with Gasteiger partial charge in [-0.15, -0.1) is 10.2 Å². The van der Waals surface area contributed by atoms with Crippen LogP contribution in [-0.2, 0) is 0 Å². The highest BCUT2D eigenvalue weighted by molar-refractivity contribution is 5.94. The third kappa shape index (κ3) is 4.54. The Morgan fingerprint density at radius 3 is 2.00 bits per heavy atom. The molecule has 148 valence electrons. The number of amides is 1. The number of anilines is 3. The number of carbonyl (C=O) groups excluding carboxylic acids is 1. The van der Waals surface area contributed by atoms with Crippen LogP contribution in [0.25, 0.3) is 0 Å². The minimum absolute atomic E-state index is 0.0911. The van der Waals surface area contributed by atoms with E-state index in [0.717, 1.165) is 35.7 Å². The van der Waals surface area contributed by atoms with E-state index >= 15 is 0 Å². The fourth-order valence-electron chi connectivity index (χ4n) is 3.36. The van der Waals surface area contributed by atoms with E-state index in [2.05, 4.69) is 39.5 Å². The van der Waals surface area contributed by atoms with Crippen molar-refractivity contribution in [1.82, 2.24) is 15.1 Å². The maximum absolute atomic E-state index is 12.7. The second-order valence-electron chi connectivity index (χ2n) is 7.41. The topological polar surface area (TPSA) is 61.4 Å². The van der Waals surface area contributed by atoms with Crippen LogP contribution in [-0.4, -0.2) is 47.2 Å². The summed E-state index contributed by atoms with van der Waals surface area (Å²) < 4.78 is 0. The summed E-state index contributed by atoms with van der Waals surface area (Å²) in [6, 6.07) is 19.8. The highest BCUT2D eigenvalue weighted by Crippen LogP contribution is 2.18. The van der Waals surface area contributed by atoms with Gasteiger partial charge in [0.25, 0.3) is 5.91 Å². The first kappa shape index (κ1) is 18.9. The Morgan fingerprint density at radius 1 is 0.793 bits per heavy atom. The molecule has 6 nitrogen and oxygen atoms in total. The molecule has 6 heteroatoms. The van der Waals surface area contributed by atoms with Gasteiger partial charge in [0, 0.05) is 37.4 Å². The van der Waals surface area contributed by atoms with Gasteiger partial charge < -0.3 is 15.1 Å². The summed E-state index contributed by atoms with van der Waals surface area (Å²) in [6.45, 7) is 6.94. The summed E-state index contributed by atoms with van der Waals surface area (Å²) in [5.74, 6) is 1.64. The zero-order valence-electron chi connectivity index (χ0n) is 16.8. The van der Waals surface area contributed by atoms with Crippen molar-refractivity contribution in [3.05, 3.63) is 77.4 Å². The smallest absolute Gasteiger partial charge is 0.253 e. The lowest BCUT2D eigenvalue weighted by atomic mass is 10.1. The van der Waals surface area contributed by atoms with Gasteiger partial charge in [-0.3, -0.25) is 4.79 Å². The summed E-state index contributed by atoms with van der Waals surface area (Å²) in [5.41, 5.74) is 4.11. The molecule has 0 atom stereocenters. The van der Waals surface area contributed by atoms with Crippen LogP contribution in [0.15, 0.2) is 60.7 Å². The molecule has 1 aliphatic heterocycles. The minimum Gasteiger partial charge on any atom is -0.352 e. The Morgan fingerprint density at radius 2 is 1.41 bits per heavy atom. The first-order valence-electron chi connectivity index (χ1n) is 9.87. The number of hydrogen-bond acceptors (Lipinski definition) is 5. The van der Waals surface area contributed by atoms with Crippen molar-refractivity contribution in [3.63, 3.8) is 0 Å². The van der Waals surface area contributed by atoms with E-state index in [0.29, 0.717) is 18.9 Å². The Balaban J connectivity index is 1.34. The van der Waals surface area contributed by atoms with Crippen molar-refractivity contribution in [2.24, 2.45) is 0 Å². The van der Waals surface area contributed by atoms with Crippen LogP contribution < -0.4 is 10.2 Å². The predicted octanol–water partition coefficient (Wildman–Crippen LogP) is 3.80. The van der Waals surface area contributed by atoms with E-state index < -0.39 is 0 Å². The maximum Gasteiger partial charge on any atom is 0.253 e. The van der Waals surface area contributed by atoms with Crippen molar-refractivity contribution in [2.75, 3.05) is 36.4 Å². The number of nitrogens with one attached hydrogen (secondary N) is 1. The average molecular weight is 387 g/mol. The lowest BCUT2D eigenvalue weighted by molar-refractivity contribution is 0.0746. The molecular weight excluding hydrogens is 362 g/mol. The van der Waals surface area contributed by atoms with Crippen molar-refractivity contribution in [3.8, 4) is 0 Å². The molecule has 1 saturated heterocycles. The zero-order valence-corrected chi connectivity index (χ0v) is 16.8. The molecule has 3 aromatic rings. The van der Waals surface area contributed by atoms with Crippen molar-refractivity contribution in [2.45, 2.75) is 13.8 Å². The highest BCUT2D eigenvalue weighted by atomic mass is 16.2. The molecule has 0 radical (unpaired) electrons. The van der Waals surface area contributed by atoms with Crippen LogP contribution >= 0.6 is 0 Å². The van der Waals surface area contributed by atoms with Gasteiger partial charge >= 0.3 is 0 Å². The molecule has 4 rings (SSSR count). The predicted molar refractivity (Wildman–Crippen MR) is 116 cm³/mol. The standard InChI is InChI=1S/C23H25N5O/c1-17-3-7-19(8-4-17)23(29)28-15-13-27(14-16-28)22-12-11-21(25-26-22)24-20-9-5-18(2)6-10-20/h3-12H,13-16H2,1-2H3,(H,24,25). The lowest BCUT2D eigenvalue weighted by Crippen LogP contribution is -2.49. The van der Waals surface area contributed by atoms with Crippen LogP contribution in [0.4, 0.5) is 17.3 Å². The van der Waals surface area contributed by atoms with E-state index in [1.807, 2.05) is 60.4 Å². The van der Waals surface area contributed by atoms with E-state index in [4.69, 9.17) is 0 Å². The van der Waals surface area contributed by atoms with Crippen molar-refractivity contribution in [1.29, 1.82) is 0 Å². The van der Waals surface area contributed by atoms with E-state index in [9.17, 15) is 4.79 Å². The van der Waals surface area contributed by atoms with E-state index in [1.165, 1.54) is 5.56 Å². The van der Waals surface area contributed by atoms with Crippen LogP contribution in [0.3, 0.4) is 0 Å². The molecule has 0 aliphatic carbocycles. The molecule has 0 unspecified atom stereocenters. The number of hydrogen-bond donors (Lipinski definition) is 1. The monoisotopic (exact) mass is 387 g/mol. The van der Waals surface area contributed by atoms with E-state index in [1.54, 1.807) is 0 Å². The number of aryl methyl sites for hydroxylation is 2. The Hall–Kier alpha value is -3.41. The molecule has 29 heavy (non-hydrogen) atoms. The Bertz CT molecular complexity index is 960. The van der Waals surface area contributed by atoms with Gasteiger partial charge in [0.15, 0.2) is 11.6 Å². The molecule has 1 amide bonds. The average Bonchev–Trinajstić information content (AvgIpc) is 2.76. The number of aromatic nitrogens is 2. The number of piperazine rings is 1. The van der Waals surface area contributed by atoms with Crippen LogP contribution in [0.5, 0.6) is 0 Å². The zero-order chi connectivity index (χ0) is 20.2. The minimum atomic E-state index is 0.0911. The van der Waals surface area contributed by atoms with Crippen LogP contribution in [0.1, 0.15) is 21.5 Å². The number of rotatable bonds is 4. The molecule has 0 saturated carbocycles. The van der Waals surface area contributed by atoms with Crippen molar-refractivity contribution >= 4 is 23.2 Å². The number of nitrogens with zero attached hydrogens (tertiary/aromatic N) is 4. The summed E-state index contributed by atoms with van der Waals surface area (Å²) in [6.07, 6.45) is 0. The molecular formula is C23H25N5O. The third-order valence-corrected chi connectivity index (χ3v) is 5.16. The van der Waals surface area contributed by atoms with Crippen LogP contribution in [0, 0.1) is 13.8 Å². The highest BCUT2D eigenvalue weighted by Gasteiger charge is 2.23. The first-order valence-corrected chi connectivity index (χ1v) is 9.87.